The Morgan fingerprint density at radius 3 is 2.62 bits per heavy atom. The van der Waals surface area contributed by atoms with E-state index < -0.39 is 0 Å². The average molecular weight is 282 g/mol. The molecule has 1 aromatic carbocycles. The lowest BCUT2D eigenvalue weighted by Gasteiger charge is -2.12. The lowest BCUT2D eigenvalue weighted by molar-refractivity contribution is 0.261. The molecule has 2 rings (SSSR count). The molecule has 0 fully saturated rings. The number of aromatic nitrogens is 1. The molecular formula is C18H22N2O. The molecule has 0 saturated heterocycles. The molecule has 1 aromatic heterocycles. The summed E-state index contributed by atoms with van der Waals surface area (Å²) in [7, 11) is 4.08. The average Bonchev–Trinajstić information content (AvgIpc) is 2.46. The third-order valence-electron chi connectivity index (χ3n) is 3.06. The van der Waals surface area contributed by atoms with E-state index in [9.17, 15) is 0 Å². The molecular weight excluding hydrogens is 260 g/mol. The monoisotopic (exact) mass is 282 g/mol. The molecule has 0 spiro atoms. The first-order valence-corrected chi connectivity index (χ1v) is 7.13. The van der Waals surface area contributed by atoms with Crippen LogP contribution in [0.1, 0.15) is 17.0 Å². The van der Waals surface area contributed by atoms with E-state index >= 15 is 0 Å². The number of hydrogen-bond donors (Lipinski definition) is 0. The van der Waals surface area contributed by atoms with E-state index in [0.717, 1.165) is 29.2 Å². The summed E-state index contributed by atoms with van der Waals surface area (Å²) in [5, 5.41) is 0. The highest BCUT2D eigenvalue weighted by molar-refractivity contribution is 5.71. The molecule has 3 heteroatoms. The van der Waals surface area contributed by atoms with E-state index in [-0.39, 0.29) is 0 Å². The quantitative estimate of drug-likeness (QED) is 0.811. The number of benzene rings is 1. The molecule has 0 amide bonds. The normalized spacial score (nSPS) is 11.2. The number of rotatable bonds is 6. The van der Waals surface area contributed by atoms with Crippen LogP contribution in [0.15, 0.2) is 42.5 Å². The Morgan fingerprint density at radius 1 is 1.05 bits per heavy atom. The van der Waals surface area contributed by atoms with E-state index in [1.165, 1.54) is 0 Å². The number of pyridine rings is 1. The second kappa shape index (κ2) is 7.60. The van der Waals surface area contributed by atoms with Gasteiger partial charge in [0, 0.05) is 17.8 Å². The van der Waals surface area contributed by atoms with Crippen molar-refractivity contribution in [3.05, 3.63) is 59.4 Å². The van der Waals surface area contributed by atoms with Crippen molar-refractivity contribution in [2.24, 2.45) is 0 Å². The maximum absolute atomic E-state index is 5.85. The van der Waals surface area contributed by atoms with E-state index in [2.05, 4.69) is 16.0 Å². The van der Waals surface area contributed by atoms with Crippen LogP contribution in [0.5, 0.6) is 5.75 Å². The summed E-state index contributed by atoms with van der Waals surface area (Å²) >= 11 is 0. The van der Waals surface area contributed by atoms with Gasteiger partial charge in [0.15, 0.2) is 0 Å². The number of hydrogen-bond acceptors (Lipinski definition) is 3. The molecule has 1 heterocycles. The Kier molecular flexibility index (Phi) is 5.52. The number of likely N-dealkylation sites (N-methyl/N-ethyl adjacent to an activating group) is 1. The molecule has 0 aliphatic heterocycles. The highest BCUT2D eigenvalue weighted by atomic mass is 16.5. The predicted octanol–water partition coefficient (Wildman–Crippen LogP) is 3.50. The second-order valence-electron chi connectivity index (χ2n) is 5.23. The van der Waals surface area contributed by atoms with Crippen molar-refractivity contribution in [2.75, 3.05) is 27.2 Å². The minimum Gasteiger partial charge on any atom is -0.492 e. The van der Waals surface area contributed by atoms with Crippen LogP contribution >= 0.6 is 0 Å². The number of aryl methyl sites for hydroxylation is 1. The minimum atomic E-state index is 0.681. The predicted molar refractivity (Wildman–Crippen MR) is 88.4 cm³/mol. The van der Waals surface area contributed by atoms with Gasteiger partial charge in [0.1, 0.15) is 12.4 Å². The summed E-state index contributed by atoms with van der Waals surface area (Å²) in [5.41, 5.74) is 3.05. The zero-order valence-corrected chi connectivity index (χ0v) is 12.9. The Morgan fingerprint density at radius 2 is 1.86 bits per heavy atom. The van der Waals surface area contributed by atoms with Crippen LogP contribution in [0, 0.1) is 6.92 Å². The van der Waals surface area contributed by atoms with Gasteiger partial charge in [-0.1, -0.05) is 24.3 Å². The topological polar surface area (TPSA) is 25.4 Å². The van der Waals surface area contributed by atoms with Gasteiger partial charge in [0.25, 0.3) is 0 Å². The molecule has 0 atom stereocenters. The van der Waals surface area contributed by atoms with Gasteiger partial charge in [-0.15, -0.1) is 0 Å². The molecule has 0 bridgehead atoms. The van der Waals surface area contributed by atoms with E-state index in [1.807, 2.05) is 69.6 Å². The Balaban J connectivity index is 2.09. The lowest BCUT2D eigenvalue weighted by Crippen LogP contribution is -2.19. The number of nitrogens with zero attached hydrogens (tertiary/aromatic N) is 2. The molecule has 0 N–H and O–H groups in total. The standard InChI is InChI=1S/C18H22N2O/c1-15-7-6-9-17(19-15)12-11-16-8-4-5-10-18(16)21-14-13-20(2)3/h4-12H,13-14H2,1-3H3. The number of para-hydroxylation sites is 1. The zero-order chi connectivity index (χ0) is 15.1. The van der Waals surface area contributed by atoms with Crippen LogP contribution < -0.4 is 4.74 Å². The van der Waals surface area contributed by atoms with E-state index in [4.69, 9.17) is 4.74 Å². The highest BCUT2D eigenvalue weighted by Crippen LogP contribution is 2.20. The summed E-state index contributed by atoms with van der Waals surface area (Å²) in [6.45, 7) is 3.58. The van der Waals surface area contributed by atoms with Crippen LogP contribution in [0.3, 0.4) is 0 Å². The fourth-order valence-corrected chi connectivity index (χ4v) is 1.92. The lowest BCUT2D eigenvalue weighted by atomic mass is 10.1. The first-order valence-electron chi connectivity index (χ1n) is 7.13. The molecule has 110 valence electrons. The SMILES string of the molecule is Cc1cccc(C=Cc2ccccc2OCCN(C)C)n1. The van der Waals surface area contributed by atoms with Crippen molar-refractivity contribution in [1.82, 2.24) is 9.88 Å². The van der Waals surface area contributed by atoms with Crippen molar-refractivity contribution in [1.29, 1.82) is 0 Å². The second-order valence-corrected chi connectivity index (χ2v) is 5.23. The van der Waals surface area contributed by atoms with Crippen LogP contribution in [0.4, 0.5) is 0 Å². The highest BCUT2D eigenvalue weighted by Gasteiger charge is 2.00. The van der Waals surface area contributed by atoms with Crippen LogP contribution in [-0.4, -0.2) is 37.1 Å². The van der Waals surface area contributed by atoms with Gasteiger partial charge >= 0.3 is 0 Å². The van der Waals surface area contributed by atoms with Gasteiger partial charge < -0.3 is 9.64 Å². The maximum Gasteiger partial charge on any atom is 0.126 e. The smallest absolute Gasteiger partial charge is 0.126 e. The van der Waals surface area contributed by atoms with Gasteiger partial charge in [0.05, 0.1) is 5.69 Å². The van der Waals surface area contributed by atoms with Gasteiger partial charge in [-0.05, 0) is 51.4 Å². The Labute approximate surface area is 126 Å². The molecule has 0 aliphatic rings. The van der Waals surface area contributed by atoms with Crippen LogP contribution in [0.2, 0.25) is 0 Å². The van der Waals surface area contributed by atoms with E-state index in [1.54, 1.807) is 0 Å². The molecule has 3 nitrogen and oxygen atoms in total. The molecule has 21 heavy (non-hydrogen) atoms. The fraction of sp³-hybridized carbons (Fsp3) is 0.278. The van der Waals surface area contributed by atoms with Crippen LogP contribution in [0.25, 0.3) is 12.2 Å². The van der Waals surface area contributed by atoms with Crippen LogP contribution in [-0.2, 0) is 0 Å². The molecule has 0 aliphatic carbocycles. The summed E-state index contributed by atoms with van der Waals surface area (Å²) in [5.74, 6) is 0.906. The fourth-order valence-electron chi connectivity index (χ4n) is 1.92. The molecule has 0 saturated carbocycles. The van der Waals surface area contributed by atoms with Gasteiger partial charge in [-0.3, -0.25) is 4.98 Å². The van der Waals surface area contributed by atoms with Crippen molar-refractivity contribution in [2.45, 2.75) is 6.92 Å². The van der Waals surface area contributed by atoms with Gasteiger partial charge in [-0.25, -0.2) is 0 Å². The minimum absolute atomic E-state index is 0.681. The Bertz CT molecular complexity index is 606. The first kappa shape index (κ1) is 15.3. The number of ether oxygens (including phenoxy) is 1. The summed E-state index contributed by atoms with van der Waals surface area (Å²) in [6.07, 6.45) is 4.06. The first-order chi connectivity index (χ1) is 10.1. The summed E-state index contributed by atoms with van der Waals surface area (Å²) in [6, 6.07) is 14.1. The zero-order valence-electron chi connectivity index (χ0n) is 12.9. The van der Waals surface area contributed by atoms with Gasteiger partial charge in [0.2, 0.25) is 0 Å². The third kappa shape index (κ3) is 5.04. The molecule has 0 radical (unpaired) electrons. The van der Waals surface area contributed by atoms with Crippen molar-refractivity contribution < 1.29 is 4.74 Å². The van der Waals surface area contributed by atoms with Crippen molar-refractivity contribution in [3.63, 3.8) is 0 Å². The van der Waals surface area contributed by atoms with Crippen molar-refractivity contribution >= 4 is 12.2 Å². The summed E-state index contributed by atoms with van der Waals surface area (Å²) in [4.78, 5) is 6.58. The van der Waals surface area contributed by atoms with E-state index in [0.29, 0.717) is 6.61 Å². The molecule has 2 aromatic rings. The third-order valence-corrected chi connectivity index (χ3v) is 3.06. The molecule has 0 unspecified atom stereocenters. The largest absolute Gasteiger partial charge is 0.492 e. The maximum atomic E-state index is 5.85. The van der Waals surface area contributed by atoms with Gasteiger partial charge in [-0.2, -0.15) is 0 Å². The van der Waals surface area contributed by atoms with Crippen molar-refractivity contribution in [3.8, 4) is 5.75 Å². The Hall–Kier alpha value is -2.13. The summed E-state index contributed by atoms with van der Waals surface area (Å²) < 4.78 is 5.85.